The van der Waals surface area contributed by atoms with Crippen molar-refractivity contribution in [2.75, 3.05) is 19.4 Å². The Balaban J connectivity index is 1.21. The highest BCUT2D eigenvalue weighted by Crippen LogP contribution is 2.19. The van der Waals surface area contributed by atoms with Crippen LogP contribution >= 0.6 is 0 Å². The van der Waals surface area contributed by atoms with Crippen molar-refractivity contribution in [2.45, 2.75) is 26.1 Å². The molecular weight excluding hydrogens is 564 g/mol. The van der Waals surface area contributed by atoms with Gasteiger partial charge in [-0.05, 0) is 74.1 Å². The maximum Gasteiger partial charge on any atom is 0.266 e. The Morgan fingerprint density at radius 3 is 2.52 bits per heavy atom. The minimum absolute atomic E-state index is 0.0625. The summed E-state index contributed by atoms with van der Waals surface area (Å²) >= 11 is 0. The number of fused-ring (bicyclic) bond motifs is 1. The van der Waals surface area contributed by atoms with E-state index in [2.05, 4.69) is 42.6 Å². The first-order valence-corrected chi connectivity index (χ1v) is 13.9. The van der Waals surface area contributed by atoms with Gasteiger partial charge in [-0.2, -0.15) is 0 Å². The quantitative estimate of drug-likeness (QED) is 0.230. The maximum absolute atomic E-state index is 13.6. The molecule has 0 aliphatic carbocycles. The van der Waals surface area contributed by atoms with E-state index in [0.29, 0.717) is 11.5 Å². The van der Waals surface area contributed by atoms with Crippen LogP contribution in [0.1, 0.15) is 34.0 Å². The van der Waals surface area contributed by atoms with Gasteiger partial charge < -0.3 is 15.5 Å². The standard InChI is InChI=1S/C33H31F2N7O2/c1-21(38-31(43)27-17-36-20-42(32(27)44)19-24-8-12-28(34)29(35)15-24)4-5-22-9-13-30-25(14-22)16-37-33(40-30)39-26-10-6-23(7-11-26)18-41(2)3/h4-17,20-21H,18-19H2,1-3H3,(H,38,43)(H,37,39,40)/b5-4+. The minimum Gasteiger partial charge on any atom is -0.346 e. The summed E-state index contributed by atoms with van der Waals surface area (Å²) in [6, 6.07) is 16.8. The van der Waals surface area contributed by atoms with E-state index in [1.54, 1.807) is 19.2 Å². The lowest BCUT2D eigenvalue weighted by Crippen LogP contribution is -2.37. The molecule has 224 valence electrons. The molecule has 1 unspecified atom stereocenters. The van der Waals surface area contributed by atoms with Gasteiger partial charge in [0.2, 0.25) is 5.95 Å². The van der Waals surface area contributed by atoms with E-state index in [9.17, 15) is 18.4 Å². The topological polar surface area (TPSA) is 105 Å². The number of hydrogen-bond donors (Lipinski definition) is 2. The third-order valence-electron chi connectivity index (χ3n) is 6.73. The number of nitrogens with one attached hydrogen (secondary N) is 2. The Kier molecular flexibility index (Phi) is 9.15. The predicted molar refractivity (Wildman–Crippen MR) is 167 cm³/mol. The van der Waals surface area contributed by atoms with Crippen molar-refractivity contribution in [3.05, 3.63) is 130 Å². The number of hydrogen-bond acceptors (Lipinski definition) is 7. The van der Waals surface area contributed by atoms with E-state index in [1.165, 1.54) is 28.7 Å². The summed E-state index contributed by atoms with van der Waals surface area (Å²) in [5, 5.41) is 6.87. The fraction of sp³-hybridized carbons (Fsp3) is 0.182. The molecule has 0 spiro atoms. The highest BCUT2D eigenvalue weighted by Gasteiger charge is 2.15. The molecule has 2 heterocycles. The van der Waals surface area contributed by atoms with E-state index >= 15 is 0 Å². The van der Waals surface area contributed by atoms with Gasteiger partial charge in [0.25, 0.3) is 11.5 Å². The van der Waals surface area contributed by atoms with E-state index < -0.39 is 29.1 Å². The number of carbonyl (C=O) groups excluding carboxylic acids is 1. The predicted octanol–water partition coefficient (Wildman–Crippen LogP) is 5.15. The molecule has 1 atom stereocenters. The highest BCUT2D eigenvalue weighted by molar-refractivity contribution is 5.93. The molecule has 44 heavy (non-hydrogen) atoms. The van der Waals surface area contributed by atoms with Crippen LogP contribution in [0.4, 0.5) is 20.4 Å². The van der Waals surface area contributed by atoms with E-state index in [-0.39, 0.29) is 12.1 Å². The number of benzene rings is 3. The average Bonchev–Trinajstić information content (AvgIpc) is 2.99. The molecule has 0 bridgehead atoms. The Bertz CT molecular complexity index is 1890. The zero-order chi connectivity index (χ0) is 31.2. The van der Waals surface area contributed by atoms with Gasteiger partial charge >= 0.3 is 0 Å². The minimum atomic E-state index is -1.02. The summed E-state index contributed by atoms with van der Waals surface area (Å²) < 4.78 is 28.0. The van der Waals surface area contributed by atoms with Gasteiger partial charge in [0.05, 0.1) is 18.4 Å². The number of rotatable bonds is 10. The van der Waals surface area contributed by atoms with Crippen molar-refractivity contribution in [1.82, 2.24) is 29.7 Å². The number of aromatic nitrogens is 4. The smallest absolute Gasteiger partial charge is 0.266 e. The number of carbonyl (C=O) groups is 1. The van der Waals surface area contributed by atoms with Crippen molar-refractivity contribution in [1.29, 1.82) is 0 Å². The molecule has 5 rings (SSSR count). The molecule has 9 nitrogen and oxygen atoms in total. The normalized spacial score (nSPS) is 12.1. The van der Waals surface area contributed by atoms with Crippen LogP contribution in [0.5, 0.6) is 0 Å². The van der Waals surface area contributed by atoms with Gasteiger partial charge in [-0.1, -0.05) is 36.4 Å². The zero-order valence-corrected chi connectivity index (χ0v) is 24.5. The molecule has 2 aromatic heterocycles. The van der Waals surface area contributed by atoms with Crippen LogP contribution in [0.15, 0.2) is 90.3 Å². The first-order valence-electron chi connectivity index (χ1n) is 13.9. The van der Waals surface area contributed by atoms with Gasteiger partial charge in [-0.15, -0.1) is 0 Å². The van der Waals surface area contributed by atoms with Gasteiger partial charge in [0, 0.05) is 36.1 Å². The molecule has 0 fully saturated rings. The van der Waals surface area contributed by atoms with Crippen LogP contribution in [0.3, 0.4) is 0 Å². The van der Waals surface area contributed by atoms with Gasteiger partial charge in [-0.25, -0.2) is 23.7 Å². The molecule has 11 heteroatoms. The number of nitrogens with zero attached hydrogens (tertiary/aromatic N) is 5. The van der Waals surface area contributed by atoms with Crippen LogP contribution in [-0.2, 0) is 13.1 Å². The largest absolute Gasteiger partial charge is 0.346 e. The fourth-order valence-electron chi connectivity index (χ4n) is 4.55. The number of anilines is 2. The monoisotopic (exact) mass is 595 g/mol. The molecule has 3 aromatic carbocycles. The second-order valence-corrected chi connectivity index (χ2v) is 10.7. The number of amides is 1. The molecule has 5 aromatic rings. The second kappa shape index (κ2) is 13.3. The average molecular weight is 596 g/mol. The summed E-state index contributed by atoms with van der Waals surface area (Å²) in [5.41, 5.74) is 3.38. The Labute approximate surface area is 252 Å². The van der Waals surface area contributed by atoms with Crippen molar-refractivity contribution in [3.8, 4) is 0 Å². The summed E-state index contributed by atoms with van der Waals surface area (Å²) in [6.45, 7) is 2.58. The molecule has 0 aliphatic rings. The third kappa shape index (κ3) is 7.56. The fourth-order valence-corrected chi connectivity index (χ4v) is 4.55. The van der Waals surface area contributed by atoms with E-state index in [0.717, 1.165) is 40.8 Å². The van der Waals surface area contributed by atoms with Crippen molar-refractivity contribution in [2.24, 2.45) is 0 Å². The number of halogens is 2. The highest BCUT2D eigenvalue weighted by atomic mass is 19.2. The molecule has 0 saturated heterocycles. The lowest BCUT2D eigenvalue weighted by molar-refractivity contribution is 0.0944. The van der Waals surface area contributed by atoms with E-state index in [1.807, 2.05) is 50.5 Å². The summed E-state index contributed by atoms with van der Waals surface area (Å²) in [5.74, 6) is -2.10. The Hall–Kier alpha value is -5.29. The second-order valence-electron chi connectivity index (χ2n) is 10.7. The molecule has 2 N–H and O–H groups in total. The lowest BCUT2D eigenvalue weighted by atomic mass is 10.1. The summed E-state index contributed by atoms with van der Waals surface area (Å²) in [7, 11) is 4.06. The van der Waals surface area contributed by atoms with Gasteiger partial charge in [0.1, 0.15) is 5.56 Å². The van der Waals surface area contributed by atoms with Crippen LogP contribution in [0, 0.1) is 11.6 Å². The molecule has 0 radical (unpaired) electrons. The van der Waals surface area contributed by atoms with Crippen LogP contribution in [-0.4, -0.2) is 50.5 Å². The van der Waals surface area contributed by atoms with Gasteiger partial charge in [-0.3, -0.25) is 14.2 Å². The Morgan fingerprint density at radius 1 is 1.00 bits per heavy atom. The van der Waals surface area contributed by atoms with Crippen LogP contribution in [0.2, 0.25) is 0 Å². The molecular formula is C33H31F2N7O2. The van der Waals surface area contributed by atoms with Crippen molar-refractivity contribution in [3.63, 3.8) is 0 Å². The zero-order valence-electron chi connectivity index (χ0n) is 24.5. The summed E-state index contributed by atoms with van der Waals surface area (Å²) in [6.07, 6.45) is 7.84. The Morgan fingerprint density at radius 2 is 1.77 bits per heavy atom. The van der Waals surface area contributed by atoms with Crippen LogP contribution in [0.25, 0.3) is 17.0 Å². The first-order chi connectivity index (χ1) is 21.1. The van der Waals surface area contributed by atoms with Crippen molar-refractivity contribution < 1.29 is 13.6 Å². The van der Waals surface area contributed by atoms with Crippen molar-refractivity contribution >= 4 is 34.5 Å². The first kappa shape index (κ1) is 30.2. The summed E-state index contributed by atoms with van der Waals surface area (Å²) in [4.78, 5) is 40.9. The maximum atomic E-state index is 13.6. The lowest BCUT2D eigenvalue weighted by Gasteiger charge is -2.11. The molecule has 0 saturated carbocycles. The van der Waals surface area contributed by atoms with E-state index in [4.69, 9.17) is 0 Å². The molecule has 1 amide bonds. The molecule has 0 aliphatic heterocycles. The third-order valence-corrected chi connectivity index (χ3v) is 6.73. The van der Waals surface area contributed by atoms with Crippen LogP contribution < -0.4 is 16.2 Å². The SMILES string of the molecule is CC(/C=C/c1ccc2nc(Nc3ccc(CN(C)C)cc3)ncc2c1)NC(=O)c1cncn(Cc2ccc(F)c(F)c2)c1=O. The van der Waals surface area contributed by atoms with Gasteiger partial charge in [0.15, 0.2) is 11.6 Å².